The Morgan fingerprint density at radius 3 is 2.59 bits per heavy atom. The van der Waals surface area contributed by atoms with Gasteiger partial charge in [-0.15, -0.1) is 0 Å². The molecule has 0 aliphatic carbocycles. The third-order valence-electron chi connectivity index (χ3n) is 5.88. The molecule has 2 aliphatic heterocycles. The molecule has 0 bridgehead atoms. The van der Waals surface area contributed by atoms with Crippen molar-refractivity contribution >= 4 is 0 Å². The van der Waals surface area contributed by atoms with Crippen LogP contribution in [0.3, 0.4) is 0 Å². The van der Waals surface area contributed by atoms with Crippen molar-refractivity contribution in [2.24, 2.45) is 0 Å². The molecule has 1 unspecified atom stereocenters. The normalized spacial score (nSPS) is 18.7. The Hall–Kier alpha value is -2.85. The topological polar surface area (TPSA) is 34.6 Å². The van der Waals surface area contributed by atoms with E-state index in [0.29, 0.717) is 19.3 Å². The number of aryl methyl sites for hydroxylation is 1. The average Bonchev–Trinajstić information content (AvgIpc) is 3.22. The number of fused-ring (bicyclic) bond motifs is 1. The number of likely N-dealkylation sites (tertiary alicyclic amines) is 1. The van der Waals surface area contributed by atoms with E-state index in [4.69, 9.17) is 9.47 Å². The third-order valence-corrected chi connectivity index (χ3v) is 5.88. The number of rotatable bonds is 4. The van der Waals surface area contributed by atoms with Crippen LogP contribution in [0.15, 0.2) is 60.8 Å². The van der Waals surface area contributed by atoms with E-state index < -0.39 is 0 Å². The summed E-state index contributed by atoms with van der Waals surface area (Å²) in [5.74, 6) is 1.75. The fourth-order valence-electron chi connectivity index (χ4n) is 4.42. The van der Waals surface area contributed by atoms with Gasteiger partial charge in [-0.2, -0.15) is 0 Å². The highest BCUT2D eigenvalue weighted by molar-refractivity contribution is 5.63. The van der Waals surface area contributed by atoms with Crippen LogP contribution in [0.2, 0.25) is 0 Å². The number of hydrogen-bond acceptors (Lipinski definition) is 4. The van der Waals surface area contributed by atoms with Gasteiger partial charge in [0, 0.05) is 24.5 Å². The van der Waals surface area contributed by atoms with Crippen LogP contribution >= 0.6 is 0 Å². The first-order valence-electron chi connectivity index (χ1n) is 10.4. The van der Waals surface area contributed by atoms with Gasteiger partial charge in [0.2, 0.25) is 0 Å². The zero-order valence-electron chi connectivity index (χ0n) is 16.8. The van der Waals surface area contributed by atoms with E-state index in [2.05, 4.69) is 64.5 Å². The Balaban J connectivity index is 1.32. The minimum atomic E-state index is 0.438. The molecule has 1 atom stereocenters. The molecule has 3 heterocycles. The molecule has 4 nitrogen and oxygen atoms in total. The lowest BCUT2D eigenvalue weighted by atomic mass is 10.0. The first kappa shape index (κ1) is 18.2. The summed E-state index contributed by atoms with van der Waals surface area (Å²) in [4.78, 5) is 6.87. The lowest BCUT2D eigenvalue weighted by molar-refractivity contribution is 0.170. The molecular weight excluding hydrogens is 360 g/mol. The SMILES string of the molecule is Cc1cc(-c2ccc(CN3CCCC3c3ccc4c(c3)OCCO4)cc2)ccn1. The molecule has 0 N–H and O–H groups in total. The minimum Gasteiger partial charge on any atom is -0.486 e. The molecule has 0 radical (unpaired) electrons. The van der Waals surface area contributed by atoms with Crippen molar-refractivity contribution in [1.82, 2.24) is 9.88 Å². The van der Waals surface area contributed by atoms with Crippen LogP contribution in [-0.4, -0.2) is 29.6 Å². The standard InChI is InChI=1S/C25H26N2O2/c1-18-15-21(10-11-26-18)20-6-4-19(5-7-20)17-27-12-2-3-23(27)22-8-9-24-25(16-22)29-14-13-28-24/h4-11,15-16,23H,2-3,12-14,17H2,1H3. The molecular formula is C25H26N2O2. The van der Waals surface area contributed by atoms with Crippen molar-refractivity contribution in [3.05, 3.63) is 77.6 Å². The zero-order chi connectivity index (χ0) is 19.6. The highest BCUT2D eigenvalue weighted by atomic mass is 16.6. The van der Waals surface area contributed by atoms with Crippen LogP contribution in [0.1, 0.15) is 35.7 Å². The molecule has 29 heavy (non-hydrogen) atoms. The van der Waals surface area contributed by atoms with E-state index in [1.165, 1.54) is 35.1 Å². The van der Waals surface area contributed by atoms with Gasteiger partial charge < -0.3 is 9.47 Å². The zero-order valence-corrected chi connectivity index (χ0v) is 16.8. The number of nitrogens with zero attached hydrogens (tertiary/aromatic N) is 2. The first-order valence-corrected chi connectivity index (χ1v) is 10.4. The first-order chi connectivity index (χ1) is 14.3. The monoisotopic (exact) mass is 386 g/mol. The van der Waals surface area contributed by atoms with E-state index in [1.807, 2.05) is 13.1 Å². The third kappa shape index (κ3) is 3.85. The van der Waals surface area contributed by atoms with Gasteiger partial charge in [-0.05, 0) is 72.8 Å². The lowest BCUT2D eigenvalue weighted by Gasteiger charge is -2.26. The second-order valence-electron chi connectivity index (χ2n) is 7.91. The number of aromatic nitrogens is 1. The van der Waals surface area contributed by atoms with Crippen molar-refractivity contribution in [3.63, 3.8) is 0 Å². The molecule has 0 saturated carbocycles. The summed E-state index contributed by atoms with van der Waals surface area (Å²) in [5.41, 5.74) is 6.19. The molecule has 1 fully saturated rings. The Morgan fingerprint density at radius 2 is 1.76 bits per heavy atom. The van der Waals surface area contributed by atoms with Crippen LogP contribution in [0.5, 0.6) is 11.5 Å². The van der Waals surface area contributed by atoms with Gasteiger partial charge in [0.05, 0.1) is 0 Å². The summed E-state index contributed by atoms with van der Waals surface area (Å²) in [6.07, 6.45) is 4.29. The quantitative estimate of drug-likeness (QED) is 0.620. The number of pyridine rings is 1. The average molecular weight is 386 g/mol. The van der Waals surface area contributed by atoms with Gasteiger partial charge in [0.15, 0.2) is 11.5 Å². The van der Waals surface area contributed by atoms with Gasteiger partial charge >= 0.3 is 0 Å². The largest absolute Gasteiger partial charge is 0.486 e. The molecule has 5 rings (SSSR count). The summed E-state index contributed by atoms with van der Waals surface area (Å²) in [6, 6.07) is 20.0. The number of benzene rings is 2. The Labute approximate surface area is 172 Å². The Morgan fingerprint density at radius 1 is 0.931 bits per heavy atom. The fourth-order valence-corrected chi connectivity index (χ4v) is 4.42. The molecule has 1 saturated heterocycles. The smallest absolute Gasteiger partial charge is 0.161 e. The highest BCUT2D eigenvalue weighted by Crippen LogP contribution is 2.38. The number of hydrogen-bond donors (Lipinski definition) is 0. The van der Waals surface area contributed by atoms with Gasteiger partial charge in [-0.3, -0.25) is 9.88 Å². The van der Waals surface area contributed by atoms with Gasteiger partial charge in [-0.1, -0.05) is 30.3 Å². The Kier molecular flexibility index (Phi) is 4.94. The molecule has 2 aliphatic rings. The lowest BCUT2D eigenvalue weighted by Crippen LogP contribution is -2.23. The van der Waals surface area contributed by atoms with Crippen LogP contribution in [0.25, 0.3) is 11.1 Å². The van der Waals surface area contributed by atoms with E-state index >= 15 is 0 Å². The fraction of sp³-hybridized carbons (Fsp3) is 0.320. The van der Waals surface area contributed by atoms with Gasteiger partial charge in [0.1, 0.15) is 13.2 Å². The summed E-state index contributed by atoms with van der Waals surface area (Å²) in [6.45, 7) is 5.40. The molecule has 148 valence electrons. The molecule has 0 spiro atoms. The molecule has 1 aromatic heterocycles. The summed E-state index contributed by atoms with van der Waals surface area (Å²) < 4.78 is 11.5. The predicted molar refractivity (Wildman–Crippen MR) is 114 cm³/mol. The van der Waals surface area contributed by atoms with E-state index in [0.717, 1.165) is 30.3 Å². The molecule has 3 aromatic rings. The molecule has 0 amide bonds. The Bertz CT molecular complexity index is 1000. The van der Waals surface area contributed by atoms with E-state index in [-0.39, 0.29) is 0 Å². The van der Waals surface area contributed by atoms with Crippen molar-refractivity contribution in [2.75, 3.05) is 19.8 Å². The second-order valence-corrected chi connectivity index (χ2v) is 7.91. The van der Waals surface area contributed by atoms with E-state index in [1.54, 1.807) is 0 Å². The number of ether oxygens (including phenoxy) is 2. The van der Waals surface area contributed by atoms with Crippen molar-refractivity contribution in [3.8, 4) is 22.6 Å². The predicted octanol–water partition coefficient (Wildman–Crippen LogP) is 5.17. The van der Waals surface area contributed by atoms with Crippen LogP contribution < -0.4 is 9.47 Å². The minimum absolute atomic E-state index is 0.438. The van der Waals surface area contributed by atoms with Crippen molar-refractivity contribution in [2.45, 2.75) is 32.4 Å². The van der Waals surface area contributed by atoms with Crippen molar-refractivity contribution < 1.29 is 9.47 Å². The molecule has 2 aromatic carbocycles. The van der Waals surface area contributed by atoms with Gasteiger partial charge in [-0.25, -0.2) is 0 Å². The van der Waals surface area contributed by atoms with Crippen LogP contribution in [-0.2, 0) is 6.54 Å². The summed E-state index contributed by atoms with van der Waals surface area (Å²) in [5, 5.41) is 0. The summed E-state index contributed by atoms with van der Waals surface area (Å²) >= 11 is 0. The maximum Gasteiger partial charge on any atom is 0.161 e. The van der Waals surface area contributed by atoms with Gasteiger partial charge in [0.25, 0.3) is 0 Å². The summed E-state index contributed by atoms with van der Waals surface area (Å²) in [7, 11) is 0. The van der Waals surface area contributed by atoms with Crippen molar-refractivity contribution in [1.29, 1.82) is 0 Å². The van der Waals surface area contributed by atoms with Crippen LogP contribution in [0.4, 0.5) is 0 Å². The maximum absolute atomic E-state index is 5.79. The maximum atomic E-state index is 5.79. The molecule has 4 heteroatoms. The second kappa shape index (κ2) is 7.88. The highest BCUT2D eigenvalue weighted by Gasteiger charge is 2.27. The van der Waals surface area contributed by atoms with Crippen LogP contribution in [0, 0.1) is 6.92 Å². The van der Waals surface area contributed by atoms with E-state index in [9.17, 15) is 0 Å².